The van der Waals surface area contributed by atoms with E-state index < -0.39 is 23.4 Å². The fourth-order valence-corrected chi connectivity index (χ4v) is 0.891. The van der Waals surface area contributed by atoms with E-state index in [1.165, 1.54) is 0 Å². The summed E-state index contributed by atoms with van der Waals surface area (Å²) in [4.78, 5) is 35.1. The lowest BCUT2D eigenvalue weighted by molar-refractivity contribution is -0.385. The van der Waals surface area contributed by atoms with Gasteiger partial charge in [0.2, 0.25) is 0 Å². The van der Waals surface area contributed by atoms with Crippen LogP contribution in [-0.4, -0.2) is 38.3 Å². The summed E-state index contributed by atoms with van der Waals surface area (Å²) >= 11 is 0. The zero-order valence-electron chi connectivity index (χ0n) is 8.40. The topological polar surface area (TPSA) is 137 Å². The zero-order chi connectivity index (χ0) is 12.8. The number of carboxylic acid groups (broad SMARTS) is 1. The van der Waals surface area contributed by atoms with Crippen molar-refractivity contribution in [2.75, 3.05) is 6.61 Å². The van der Waals surface area contributed by atoms with E-state index in [-0.39, 0.29) is 12.2 Å². The van der Waals surface area contributed by atoms with Crippen molar-refractivity contribution >= 4 is 17.6 Å². The third-order valence-corrected chi connectivity index (χ3v) is 1.52. The Labute approximate surface area is 93.9 Å². The minimum absolute atomic E-state index is 0.246. The van der Waals surface area contributed by atoms with Gasteiger partial charge in [0.1, 0.15) is 18.9 Å². The van der Waals surface area contributed by atoms with Crippen LogP contribution < -0.4 is 5.48 Å². The first kappa shape index (κ1) is 12.6. The summed E-state index contributed by atoms with van der Waals surface area (Å²) < 4.78 is 1.03. The fraction of sp³-hybridized carbons (Fsp3) is 0.286. The molecule has 1 amide bonds. The Kier molecular flexibility index (Phi) is 4.11. The van der Waals surface area contributed by atoms with E-state index in [0.29, 0.717) is 0 Å². The number of hydrogen-bond acceptors (Lipinski definition) is 6. The van der Waals surface area contributed by atoms with Crippen molar-refractivity contribution in [3.05, 3.63) is 22.5 Å². The molecule has 2 N–H and O–H groups in total. The molecule has 0 radical (unpaired) electrons. The van der Waals surface area contributed by atoms with Gasteiger partial charge in [-0.3, -0.25) is 24.4 Å². The van der Waals surface area contributed by atoms with Gasteiger partial charge in [0.05, 0.1) is 4.92 Å². The summed E-state index contributed by atoms with van der Waals surface area (Å²) in [6, 6.07) is 0. The molecule has 1 aromatic heterocycles. The molecule has 0 unspecified atom stereocenters. The van der Waals surface area contributed by atoms with E-state index in [2.05, 4.69) is 9.94 Å². The molecule has 1 rings (SSSR count). The first-order chi connectivity index (χ1) is 7.99. The Morgan fingerprint density at radius 2 is 2.35 bits per heavy atom. The van der Waals surface area contributed by atoms with E-state index in [0.717, 1.165) is 17.1 Å². The van der Waals surface area contributed by atoms with Crippen LogP contribution in [0.15, 0.2) is 12.4 Å². The summed E-state index contributed by atoms with van der Waals surface area (Å²) in [5.74, 6) is -1.91. The van der Waals surface area contributed by atoms with Crippen LogP contribution >= 0.6 is 0 Å². The first-order valence-corrected chi connectivity index (χ1v) is 4.28. The maximum atomic E-state index is 11.1. The van der Waals surface area contributed by atoms with Crippen LogP contribution in [-0.2, 0) is 21.0 Å². The van der Waals surface area contributed by atoms with E-state index in [4.69, 9.17) is 5.11 Å². The molecule has 17 heavy (non-hydrogen) atoms. The molecule has 0 fully saturated rings. The lowest BCUT2D eigenvalue weighted by Gasteiger charge is -2.02. The average Bonchev–Trinajstić information content (AvgIpc) is 2.65. The fourth-order valence-electron chi connectivity index (χ4n) is 0.891. The van der Waals surface area contributed by atoms with E-state index in [1.807, 2.05) is 5.48 Å². The molecule has 0 aliphatic carbocycles. The minimum Gasteiger partial charge on any atom is -0.479 e. The molecule has 92 valence electrons. The van der Waals surface area contributed by atoms with E-state index in [9.17, 15) is 19.7 Å². The number of carbonyl (C=O) groups excluding carboxylic acids is 1. The second kappa shape index (κ2) is 5.55. The van der Waals surface area contributed by atoms with Crippen LogP contribution in [0.3, 0.4) is 0 Å². The number of nitro groups is 1. The normalized spacial score (nSPS) is 9.88. The van der Waals surface area contributed by atoms with Gasteiger partial charge in [-0.1, -0.05) is 0 Å². The van der Waals surface area contributed by atoms with Gasteiger partial charge >= 0.3 is 11.7 Å². The van der Waals surface area contributed by atoms with E-state index >= 15 is 0 Å². The maximum Gasteiger partial charge on any atom is 0.332 e. The number of nitrogens with zero attached hydrogens (tertiary/aromatic N) is 3. The van der Waals surface area contributed by atoms with Crippen LogP contribution in [0.5, 0.6) is 0 Å². The minimum atomic E-state index is -1.24. The lowest BCUT2D eigenvalue weighted by Crippen LogP contribution is -2.29. The van der Waals surface area contributed by atoms with Crippen molar-refractivity contribution in [2.45, 2.75) is 6.54 Å². The van der Waals surface area contributed by atoms with Crippen LogP contribution in [0.1, 0.15) is 0 Å². The molecule has 0 aliphatic rings. The molecular weight excluding hydrogens is 236 g/mol. The highest BCUT2D eigenvalue weighted by atomic mass is 16.7. The molecule has 0 aliphatic heterocycles. The van der Waals surface area contributed by atoms with Gasteiger partial charge in [-0.2, -0.15) is 5.10 Å². The highest BCUT2D eigenvalue weighted by Gasteiger charge is 2.11. The highest BCUT2D eigenvalue weighted by Crippen LogP contribution is 2.07. The Bertz CT molecular complexity index is 441. The first-order valence-electron chi connectivity index (χ1n) is 4.28. The van der Waals surface area contributed by atoms with Crippen molar-refractivity contribution < 1.29 is 24.5 Å². The van der Waals surface area contributed by atoms with Gasteiger partial charge in [0.25, 0.3) is 5.91 Å². The van der Waals surface area contributed by atoms with Crippen molar-refractivity contribution in [3.63, 3.8) is 0 Å². The van der Waals surface area contributed by atoms with Crippen molar-refractivity contribution in [3.8, 4) is 0 Å². The number of carboxylic acids is 1. The number of aromatic nitrogens is 2. The smallest absolute Gasteiger partial charge is 0.332 e. The van der Waals surface area contributed by atoms with Gasteiger partial charge in [-0.25, -0.2) is 10.3 Å². The number of hydrogen-bond donors (Lipinski definition) is 2. The largest absolute Gasteiger partial charge is 0.479 e. The Balaban J connectivity index is 2.39. The predicted octanol–water partition coefficient (Wildman–Crippen LogP) is -1.08. The van der Waals surface area contributed by atoms with Crippen LogP contribution in [0, 0.1) is 10.1 Å². The Morgan fingerprint density at radius 3 is 2.88 bits per heavy atom. The second-order valence-corrected chi connectivity index (χ2v) is 2.86. The predicted molar refractivity (Wildman–Crippen MR) is 50.6 cm³/mol. The molecular formula is C7H8N4O6. The Morgan fingerprint density at radius 1 is 1.65 bits per heavy atom. The van der Waals surface area contributed by atoms with Gasteiger partial charge in [0, 0.05) is 0 Å². The number of nitrogens with one attached hydrogen (secondary N) is 1. The molecule has 0 saturated heterocycles. The average molecular weight is 244 g/mol. The van der Waals surface area contributed by atoms with Crippen molar-refractivity contribution in [1.82, 2.24) is 15.3 Å². The molecule has 0 bridgehead atoms. The quantitative estimate of drug-likeness (QED) is 0.479. The number of carbonyl (C=O) groups is 2. The zero-order valence-corrected chi connectivity index (χ0v) is 8.40. The molecule has 0 saturated carbocycles. The molecule has 1 heterocycles. The molecule has 1 aromatic rings. The van der Waals surface area contributed by atoms with Gasteiger partial charge in [-0.05, 0) is 0 Å². The number of aliphatic carboxylic acids is 1. The van der Waals surface area contributed by atoms with Crippen LogP contribution in [0.25, 0.3) is 0 Å². The summed E-state index contributed by atoms with van der Waals surface area (Å²) in [6.07, 6.45) is 2.06. The molecule has 0 aromatic carbocycles. The summed E-state index contributed by atoms with van der Waals surface area (Å²) in [5, 5.41) is 22.1. The van der Waals surface area contributed by atoms with Crippen LogP contribution in [0.4, 0.5) is 5.69 Å². The lowest BCUT2D eigenvalue weighted by atomic mass is 10.6. The number of rotatable bonds is 6. The van der Waals surface area contributed by atoms with E-state index in [1.54, 1.807) is 0 Å². The van der Waals surface area contributed by atoms with Gasteiger partial charge in [0.15, 0.2) is 6.61 Å². The van der Waals surface area contributed by atoms with Gasteiger partial charge < -0.3 is 5.11 Å². The number of hydroxylamine groups is 1. The summed E-state index contributed by atoms with van der Waals surface area (Å²) in [6.45, 7) is -0.988. The second-order valence-electron chi connectivity index (χ2n) is 2.86. The van der Waals surface area contributed by atoms with Crippen molar-refractivity contribution in [2.24, 2.45) is 0 Å². The number of amides is 1. The Hall–Kier alpha value is -2.49. The van der Waals surface area contributed by atoms with Gasteiger partial charge in [-0.15, -0.1) is 0 Å². The highest BCUT2D eigenvalue weighted by molar-refractivity contribution is 5.75. The monoisotopic (exact) mass is 244 g/mol. The molecule has 0 spiro atoms. The summed E-state index contributed by atoms with van der Waals surface area (Å²) in [7, 11) is 0. The maximum absolute atomic E-state index is 11.1. The standard InChI is InChI=1S/C7H8N4O6/c12-6(9-17-4-7(13)14)3-10-2-5(1-8-10)11(15)16/h1-2H,3-4H2,(H,9,12)(H,13,14). The molecule has 0 atom stereocenters. The molecule has 10 nitrogen and oxygen atoms in total. The SMILES string of the molecule is O=C(O)CONC(=O)Cn1cc([N+](=O)[O-])cn1. The molecule has 10 heteroatoms. The van der Waals surface area contributed by atoms with Crippen LogP contribution in [0.2, 0.25) is 0 Å². The summed E-state index contributed by atoms with van der Waals surface area (Å²) in [5.41, 5.74) is 1.60. The third-order valence-electron chi connectivity index (χ3n) is 1.52. The van der Waals surface area contributed by atoms with Crippen molar-refractivity contribution in [1.29, 1.82) is 0 Å². The third kappa shape index (κ3) is 4.25.